The smallest absolute Gasteiger partial charge is 0.412 e. The molecular weight excluding hydrogens is 759 g/mol. The number of hydrogen-bond acceptors (Lipinski definition) is 9. The second-order valence-electron chi connectivity index (χ2n) is 18.1. The fourth-order valence-electron chi connectivity index (χ4n) is 9.62. The molecule has 0 bridgehead atoms. The molecule has 0 radical (unpaired) electrons. The highest BCUT2D eigenvalue weighted by atomic mass is 16.7. The van der Waals surface area contributed by atoms with E-state index in [4.69, 9.17) is 24.2 Å². The molecule has 338 valence electrons. The third kappa shape index (κ3) is 13.3. The van der Waals surface area contributed by atoms with Crippen LogP contribution in [0.2, 0.25) is 0 Å². The number of nitrogens with one attached hydrogen (secondary N) is 1. The second-order valence-corrected chi connectivity index (χ2v) is 18.1. The van der Waals surface area contributed by atoms with Gasteiger partial charge in [0, 0.05) is 50.6 Å². The normalized spacial score (nSPS) is 23.8. The van der Waals surface area contributed by atoms with Crippen LogP contribution in [0.15, 0.2) is 47.7 Å². The lowest BCUT2D eigenvalue weighted by molar-refractivity contribution is -0.257. The molecule has 3 N–H and O–H groups in total. The van der Waals surface area contributed by atoms with Crippen molar-refractivity contribution in [3.8, 4) is 11.5 Å². The van der Waals surface area contributed by atoms with E-state index in [2.05, 4.69) is 31.8 Å². The van der Waals surface area contributed by atoms with Gasteiger partial charge >= 0.3 is 6.09 Å². The number of benzene rings is 1. The van der Waals surface area contributed by atoms with Gasteiger partial charge in [-0.15, -0.1) is 6.58 Å². The SMILES string of the molecule is C=CCOC12Oc3ccc(OC(=O)NCC)cc3C3C(CCCCO)C(CCCCO)C=C(C(=NOC(C)(C)C)CC1N(CCC)C(=O)CCCCCCCCCCC)C32. The van der Waals surface area contributed by atoms with Crippen molar-refractivity contribution < 1.29 is 38.9 Å². The summed E-state index contributed by atoms with van der Waals surface area (Å²) in [6.45, 7) is 17.6. The van der Waals surface area contributed by atoms with Crippen LogP contribution in [-0.4, -0.2) is 83.2 Å². The topological polar surface area (TPSA) is 139 Å². The highest BCUT2D eigenvalue weighted by Crippen LogP contribution is 2.62. The Kier molecular flexibility index (Phi) is 20.4. The summed E-state index contributed by atoms with van der Waals surface area (Å²) in [7, 11) is 0. The Morgan fingerprint density at radius 1 is 0.950 bits per heavy atom. The first-order valence-corrected chi connectivity index (χ1v) is 23.5. The highest BCUT2D eigenvalue weighted by molar-refractivity contribution is 6.03. The Balaban J connectivity index is 1.90. The summed E-state index contributed by atoms with van der Waals surface area (Å²) >= 11 is 0. The maximum Gasteiger partial charge on any atom is 0.412 e. The lowest BCUT2D eigenvalue weighted by atomic mass is 9.55. The summed E-state index contributed by atoms with van der Waals surface area (Å²) in [5.74, 6) is -0.640. The number of carbonyl (C=O) groups is 2. The van der Waals surface area contributed by atoms with Crippen molar-refractivity contribution in [1.29, 1.82) is 0 Å². The average Bonchev–Trinajstić information content (AvgIpc) is 3.21. The zero-order valence-electron chi connectivity index (χ0n) is 38.0. The fraction of sp³-hybridized carbons (Fsp3) is 0.735. The minimum Gasteiger partial charge on any atom is -0.459 e. The van der Waals surface area contributed by atoms with E-state index < -0.39 is 29.4 Å². The van der Waals surface area contributed by atoms with Crippen molar-refractivity contribution in [2.45, 2.75) is 180 Å². The number of rotatable bonds is 27. The minimum absolute atomic E-state index is 0.0684. The Bertz CT molecular complexity index is 1550. The molecule has 2 amide bonds. The number of oxime groups is 1. The molecule has 60 heavy (non-hydrogen) atoms. The van der Waals surface area contributed by atoms with E-state index in [1.54, 1.807) is 12.1 Å². The average molecular weight is 838 g/mol. The number of carbonyl (C=O) groups excluding carboxylic acids is 2. The standard InChI is InChI=1S/C49H79N3O8/c1-8-12-13-14-15-16-17-18-19-26-44(55)52(29-9-2)43-35-41(51-60-48(5,6)7)39-33-36(24-20-22-30-53)38(25-21-23-31-54)45-40-34-37(58-47(56)50-11-4)27-28-42(40)59-49(43,46(39)45)57-32-10-3/h10,27-28,33-34,36,38,43,45-46,53-54H,3,8-9,11-26,29-32,35H2,1-2,4-7H3,(H,50,56). The van der Waals surface area contributed by atoms with Crippen LogP contribution < -0.4 is 14.8 Å². The lowest BCUT2D eigenvalue weighted by Crippen LogP contribution is -2.70. The van der Waals surface area contributed by atoms with Crippen molar-refractivity contribution in [2.24, 2.45) is 22.9 Å². The maximum atomic E-state index is 14.7. The Hall–Kier alpha value is -3.41. The summed E-state index contributed by atoms with van der Waals surface area (Å²) in [6.07, 6.45) is 20.4. The Morgan fingerprint density at radius 3 is 2.27 bits per heavy atom. The van der Waals surface area contributed by atoms with Crippen molar-refractivity contribution in [3.05, 3.63) is 48.1 Å². The van der Waals surface area contributed by atoms with Gasteiger partial charge in [0.1, 0.15) is 23.1 Å². The van der Waals surface area contributed by atoms with Crippen molar-refractivity contribution >= 4 is 17.7 Å². The van der Waals surface area contributed by atoms with Gasteiger partial charge in [0.2, 0.25) is 11.7 Å². The molecule has 1 aromatic carbocycles. The second kappa shape index (κ2) is 24.9. The van der Waals surface area contributed by atoms with Gasteiger partial charge in [0.25, 0.3) is 0 Å². The molecule has 2 aliphatic carbocycles. The number of amides is 2. The van der Waals surface area contributed by atoms with Crippen molar-refractivity contribution in [3.63, 3.8) is 0 Å². The van der Waals surface area contributed by atoms with E-state index in [0.717, 1.165) is 68.2 Å². The number of hydrogen-bond donors (Lipinski definition) is 3. The third-order valence-electron chi connectivity index (χ3n) is 12.3. The quantitative estimate of drug-likeness (QED) is 0.0452. The summed E-state index contributed by atoms with van der Waals surface area (Å²) in [6, 6.07) is 5.03. The van der Waals surface area contributed by atoms with E-state index in [-0.39, 0.29) is 43.5 Å². The van der Waals surface area contributed by atoms with Crippen LogP contribution in [0.4, 0.5) is 4.79 Å². The summed E-state index contributed by atoms with van der Waals surface area (Å²) in [5.41, 5.74) is 2.11. The van der Waals surface area contributed by atoms with E-state index in [1.165, 1.54) is 38.5 Å². The Labute approximate surface area is 361 Å². The largest absolute Gasteiger partial charge is 0.459 e. The summed E-state index contributed by atoms with van der Waals surface area (Å²) in [4.78, 5) is 35.7. The molecule has 3 aliphatic rings. The maximum absolute atomic E-state index is 14.7. The Morgan fingerprint density at radius 2 is 1.63 bits per heavy atom. The lowest BCUT2D eigenvalue weighted by Gasteiger charge is -2.60. The van der Waals surface area contributed by atoms with Gasteiger partial charge in [-0.25, -0.2) is 4.79 Å². The fourth-order valence-corrected chi connectivity index (χ4v) is 9.62. The predicted molar refractivity (Wildman–Crippen MR) is 239 cm³/mol. The molecule has 11 nitrogen and oxygen atoms in total. The predicted octanol–water partition coefficient (Wildman–Crippen LogP) is 10.4. The van der Waals surface area contributed by atoms with E-state index >= 15 is 0 Å². The monoisotopic (exact) mass is 838 g/mol. The molecule has 1 fully saturated rings. The number of ether oxygens (including phenoxy) is 3. The van der Waals surface area contributed by atoms with Gasteiger partial charge in [0.15, 0.2) is 0 Å². The van der Waals surface area contributed by atoms with Crippen LogP contribution in [-0.2, 0) is 14.4 Å². The van der Waals surface area contributed by atoms with Gasteiger partial charge in [-0.05, 0) is 102 Å². The van der Waals surface area contributed by atoms with Gasteiger partial charge in [-0.3, -0.25) is 4.79 Å². The van der Waals surface area contributed by atoms with E-state index in [1.807, 2.05) is 44.7 Å². The minimum atomic E-state index is -1.31. The number of unbranched alkanes of at least 4 members (excludes halogenated alkanes) is 10. The zero-order chi connectivity index (χ0) is 43.5. The molecule has 6 atom stereocenters. The van der Waals surface area contributed by atoms with Gasteiger partial charge in [-0.2, -0.15) is 0 Å². The van der Waals surface area contributed by atoms with Crippen LogP contribution in [0.25, 0.3) is 0 Å². The number of aliphatic hydroxyl groups excluding tert-OH is 2. The zero-order valence-corrected chi connectivity index (χ0v) is 38.0. The molecular formula is C49H79N3O8. The number of nitrogens with zero attached hydrogens (tertiary/aromatic N) is 2. The third-order valence-corrected chi connectivity index (χ3v) is 12.3. The first kappa shape index (κ1) is 49.2. The van der Waals surface area contributed by atoms with E-state index in [0.29, 0.717) is 50.3 Å². The van der Waals surface area contributed by atoms with Crippen LogP contribution in [0.5, 0.6) is 11.5 Å². The van der Waals surface area contributed by atoms with Gasteiger partial charge in [0.05, 0.1) is 18.2 Å². The van der Waals surface area contributed by atoms with Crippen molar-refractivity contribution in [1.82, 2.24) is 10.2 Å². The van der Waals surface area contributed by atoms with Gasteiger partial charge in [-0.1, -0.05) is 95.4 Å². The molecule has 0 saturated heterocycles. The first-order valence-electron chi connectivity index (χ1n) is 23.5. The molecule has 0 aromatic heterocycles. The van der Waals surface area contributed by atoms with Crippen LogP contribution in [0, 0.1) is 17.8 Å². The summed E-state index contributed by atoms with van der Waals surface area (Å²) < 4.78 is 20.2. The molecule has 11 heteroatoms. The number of allylic oxidation sites excluding steroid dienone is 1. The molecule has 1 aromatic rings. The van der Waals surface area contributed by atoms with Crippen molar-refractivity contribution in [2.75, 3.05) is 32.9 Å². The van der Waals surface area contributed by atoms with Crippen LogP contribution in [0.3, 0.4) is 0 Å². The molecule has 6 unspecified atom stereocenters. The highest BCUT2D eigenvalue weighted by Gasteiger charge is 2.65. The first-order chi connectivity index (χ1) is 29.0. The van der Waals surface area contributed by atoms with Crippen LogP contribution in [0.1, 0.15) is 169 Å². The van der Waals surface area contributed by atoms with E-state index in [9.17, 15) is 19.8 Å². The number of fused-ring (bicyclic) bond motifs is 2. The number of aliphatic hydroxyl groups is 2. The van der Waals surface area contributed by atoms with Crippen LogP contribution >= 0.6 is 0 Å². The molecule has 1 aliphatic heterocycles. The molecule has 4 rings (SSSR count). The molecule has 0 spiro atoms. The van der Waals surface area contributed by atoms with Gasteiger partial charge < -0.3 is 39.5 Å². The molecule has 1 heterocycles. The molecule has 1 saturated carbocycles. The summed E-state index contributed by atoms with van der Waals surface area (Å²) in [5, 5.41) is 27.5.